The van der Waals surface area contributed by atoms with Gasteiger partial charge in [-0.1, -0.05) is 32.9 Å². The Morgan fingerprint density at radius 3 is 2.48 bits per heavy atom. The molecule has 0 aromatic rings. The maximum absolute atomic E-state index is 13.7. The van der Waals surface area contributed by atoms with Crippen LogP contribution in [0.25, 0.3) is 0 Å². The molecule has 138 valence electrons. The Hall–Kier alpha value is -1.01. The predicted octanol–water partition coefficient (Wildman–Crippen LogP) is 0.815. The molecule has 0 aromatic heterocycles. The molecule has 1 spiro atoms. The summed E-state index contributed by atoms with van der Waals surface area (Å²) in [6.07, 6.45) is 1.34. The summed E-state index contributed by atoms with van der Waals surface area (Å²) in [6.45, 7) is 7.50. The van der Waals surface area contributed by atoms with Gasteiger partial charge in [-0.15, -0.1) is 0 Å². The standard InChI is InChI=1S/C20H28O5/c1-9-7-19-10(2)5-13-14(18(13,3)4)12(17(19)24)6-11(8-21)16(23)20(19,25)15(9)22/h6-7,10,12-16,21-23,25H,5,8H2,1-4H3/t10-,12+,13-,14+,15+,16?,19+,20-/m1/s1. The van der Waals surface area contributed by atoms with Gasteiger partial charge in [0.05, 0.1) is 12.0 Å². The molecule has 1 unspecified atom stereocenters. The Labute approximate surface area is 148 Å². The Bertz CT molecular complexity index is 707. The van der Waals surface area contributed by atoms with Gasteiger partial charge in [-0.05, 0) is 47.7 Å². The van der Waals surface area contributed by atoms with E-state index in [0.29, 0.717) is 11.5 Å². The first-order valence-corrected chi connectivity index (χ1v) is 9.18. The number of rotatable bonds is 1. The smallest absolute Gasteiger partial charge is 0.153 e. The lowest BCUT2D eigenvalue weighted by molar-refractivity contribution is -0.190. The van der Waals surface area contributed by atoms with Gasteiger partial charge in [0.15, 0.2) is 5.78 Å². The maximum Gasteiger partial charge on any atom is 0.153 e. The van der Waals surface area contributed by atoms with Crippen molar-refractivity contribution in [1.82, 2.24) is 0 Å². The minimum Gasteiger partial charge on any atom is -0.392 e. The second-order valence-electron chi connectivity index (χ2n) is 9.27. The number of allylic oxidation sites excluding steroid dienone is 1. The molecule has 5 heteroatoms. The Balaban J connectivity index is 1.99. The van der Waals surface area contributed by atoms with E-state index in [1.165, 1.54) is 0 Å². The van der Waals surface area contributed by atoms with Gasteiger partial charge in [-0.25, -0.2) is 0 Å². The molecular formula is C20H28O5. The van der Waals surface area contributed by atoms with E-state index in [9.17, 15) is 25.2 Å². The van der Waals surface area contributed by atoms with Crippen molar-refractivity contribution in [3.8, 4) is 0 Å². The molecule has 25 heavy (non-hydrogen) atoms. The molecular weight excluding hydrogens is 320 g/mol. The Morgan fingerprint density at radius 1 is 1.24 bits per heavy atom. The fourth-order valence-electron chi connectivity index (χ4n) is 6.43. The lowest BCUT2D eigenvalue weighted by atomic mass is 9.59. The summed E-state index contributed by atoms with van der Waals surface area (Å²) in [4.78, 5) is 13.7. The van der Waals surface area contributed by atoms with Crippen molar-refractivity contribution in [3.63, 3.8) is 0 Å². The summed E-state index contributed by atoms with van der Waals surface area (Å²) < 4.78 is 0. The highest BCUT2D eigenvalue weighted by molar-refractivity contribution is 5.95. The van der Waals surface area contributed by atoms with Crippen molar-refractivity contribution in [2.45, 2.75) is 51.9 Å². The molecule has 0 saturated heterocycles. The number of hydrogen-bond donors (Lipinski definition) is 4. The number of Topliss-reactive ketones (excluding diaryl/α,β-unsaturated/α-hetero) is 1. The van der Waals surface area contributed by atoms with E-state index in [1.807, 2.05) is 6.92 Å². The molecule has 0 aliphatic heterocycles. The molecule has 0 amide bonds. The van der Waals surface area contributed by atoms with Gasteiger partial charge in [0.1, 0.15) is 17.8 Å². The van der Waals surface area contributed by atoms with E-state index in [4.69, 9.17) is 0 Å². The number of fused-ring (bicyclic) bond motifs is 3. The number of hydrogen-bond acceptors (Lipinski definition) is 5. The highest BCUT2D eigenvalue weighted by atomic mass is 16.4. The summed E-state index contributed by atoms with van der Waals surface area (Å²) in [5.41, 5.74) is -2.58. The van der Waals surface area contributed by atoms with E-state index >= 15 is 0 Å². The van der Waals surface area contributed by atoms with Gasteiger partial charge < -0.3 is 20.4 Å². The van der Waals surface area contributed by atoms with Crippen LogP contribution in [0.1, 0.15) is 34.1 Å². The van der Waals surface area contributed by atoms with Crippen molar-refractivity contribution in [2.24, 2.45) is 34.5 Å². The Kier molecular flexibility index (Phi) is 3.36. The fourth-order valence-corrected chi connectivity index (χ4v) is 6.43. The first-order chi connectivity index (χ1) is 11.5. The molecule has 0 aromatic carbocycles. The highest BCUT2D eigenvalue weighted by Crippen LogP contribution is 2.71. The molecule has 0 radical (unpaired) electrons. The van der Waals surface area contributed by atoms with Gasteiger partial charge in [-0.3, -0.25) is 4.79 Å². The normalized spacial score (nSPS) is 53.2. The van der Waals surface area contributed by atoms with E-state index in [-0.39, 0.29) is 28.6 Å². The summed E-state index contributed by atoms with van der Waals surface area (Å²) in [7, 11) is 0. The number of carbonyl (C=O) groups excluding carboxylic acids is 1. The van der Waals surface area contributed by atoms with Crippen LogP contribution in [0, 0.1) is 34.5 Å². The van der Waals surface area contributed by atoms with Crippen LogP contribution in [0.4, 0.5) is 0 Å². The summed E-state index contributed by atoms with van der Waals surface area (Å²) in [5, 5.41) is 43.0. The summed E-state index contributed by atoms with van der Waals surface area (Å²) in [6, 6.07) is 0. The van der Waals surface area contributed by atoms with Crippen LogP contribution in [-0.4, -0.2) is 50.6 Å². The number of ketones is 1. The third-order valence-corrected chi connectivity index (χ3v) is 7.93. The molecule has 4 aliphatic carbocycles. The minimum atomic E-state index is -2.03. The second-order valence-corrected chi connectivity index (χ2v) is 9.27. The van der Waals surface area contributed by atoms with Crippen LogP contribution >= 0.6 is 0 Å². The van der Waals surface area contributed by atoms with Gasteiger partial charge in [0.25, 0.3) is 0 Å². The first-order valence-electron chi connectivity index (χ1n) is 9.18. The lowest BCUT2D eigenvalue weighted by Gasteiger charge is -2.48. The zero-order valence-corrected chi connectivity index (χ0v) is 15.2. The predicted molar refractivity (Wildman–Crippen MR) is 91.4 cm³/mol. The molecule has 2 saturated carbocycles. The van der Waals surface area contributed by atoms with Crippen LogP contribution < -0.4 is 0 Å². The molecule has 8 atom stereocenters. The number of aliphatic hydroxyl groups is 4. The van der Waals surface area contributed by atoms with Crippen molar-refractivity contribution in [2.75, 3.05) is 6.61 Å². The average Bonchev–Trinajstić information content (AvgIpc) is 3.05. The van der Waals surface area contributed by atoms with Crippen LogP contribution in [0.15, 0.2) is 23.3 Å². The van der Waals surface area contributed by atoms with Gasteiger partial charge in [0, 0.05) is 5.92 Å². The Morgan fingerprint density at radius 2 is 1.88 bits per heavy atom. The van der Waals surface area contributed by atoms with Crippen molar-refractivity contribution < 1.29 is 25.2 Å². The molecule has 2 fully saturated rings. The second kappa shape index (κ2) is 4.83. The number of aliphatic hydroxyl groups excluding tert-OH is 3. The largest absolute Gasteiger partial charge is 0.392 e. The molecule has 0 heterocycles. The third-order valence-electron chi connectivity index (χ3n) is 7.93. The molecule has 4 rings (SSSR count). The van der Waals surface area contributed by atoms with E-state index in [2.05, 4.69) is 13.8 Å². The molecule has 5 nitrogen and oxygen atoms in total. The van der Waals surface area contributed by atoms with Crippen LogP contribution in [0.2, 0.25) is 0 Å². The summed E-state index contributed by atoms with van der Waals surface area (Å²) in [5.74, 6) is -0.288. The van der Waals surface area contributed by atoms with Crippen LogP contribution in [0.3, 0.4) is 0 Å². The molecule has 4 aliphatic rings. The summed E-state index contributed by atoms with van der Waals surface area (Å²) >= 11 is 0. The van der Waals surface area contributed by atoms with Crippen molar-refractivity contribution in [3.05, 3.63) is 23.3 Å². The van der Waals surface area contributed by atoms with Crippen LogP contribution in [0.5, 0.6) is 0 Å². The SMILES string of the molecule is CC1=C[C@]23C(=O)[C@@H](C=C(CO)C(O)[C@]2(O)[C@H]1O)[C@H]1[C@@H](C[C@H]3C)C1(C)C. The van der Waals surface area contributed by atoms with E-state index in [1.54, 1.807) is 19.1 Å². The molecule has 2 bridgehead atoms. The van der Waals surface area contributed by atoms with Gasteiger partial charge >= 0.3 is 0 Å². The van der Waals surface area contributed by atoms with Crippen LogP contribution in [-0.2, 0) is 4.79 Å². The third kappa shape index (κ3) is 1.71. The fraction of sp³-hybridized carbons (Fsp3) is 0.750. The highest BCUT2D eigenvalue weighted by Gasteiger charge is 2.75. The quantitative estimate of drug-likeness (QED) is 0.526. The zero-order chi connectivity index (χ0) is 18.5. The van der Waals surface area contributed by atoms with E-state index < -0.39 is 35.7 Å². The van der Waals surface area contributed by atoms with E-state index in [0.717, 1.165) is 6.42 Å². The minimum absolute atomic E-state index is 0.0245. The number of carbonyl (C=O) groups is 1. The zero-order valence-electron chi connectivity index (χ0n) is 15.2. The van der Waals surface area contributed by atoms with Gasteiger partial charge in [0.2, 0.25) is 0 Å². The monoisotopic (exact) mass is 348 g/mol. The van der Waals surface area contributed by atoms with Gasteiger partial charge in [-0.2, -0.15) is 0 Å². The first kappa shape index (κ1) is 17.4. The average molecular weight is 348 g/mol. The molecule has 4 N–H and O–H groups in total. The lowest BCUT2D eigenvalue weighted by Crippen LogP contribution is -2.65. The maximum atomic E-state index is 13.7. The van der Waals surface area contributed by atoms with Crippen molar-refractivity contribution >= 4 is 5.78 Å². The van der Waals surface area contributed by atoms with Crippen molar-refractivity contribution in [1.29, 1.82) is 0 Å². The topological polar surface area (TPSA) is 98.0 Å².